The zero-order chi connectivity index (χ0) is 11.3. The fourth-order valence-electron chi connectivity index (χ4n) is 0.916. The van der Waals surface area contributed by atoms with Gasteiger partial charge in [0.05, 0.1) is 0 Å². The van der Waals surface area contributed by atoms with Crippen LogP contribution >= 0.6 is 15.9 Å². The predicted molar refractivity (Wildman–Crippen MR) is 56.1 cm³/mol. The van der Waals surface area contributed by atoms with Crippen LogP contribution in [0.1, 0.15) is 5.56 Å². The first-order valence-electron chi connectivity index (χ1n) is 4.16. The van der Waals surface area contributed by atoms with Crippen LogP contribution in [0.15, 0.2) is 22.7 Å². The molecule has 1 aromatic carbocycles. The van der Waals surface area contributed by atoms with E-state index in [4.69, 9.17) is 5.73 Å². The van der Waals surface area contributed by atoms with Gasteiger partial charge in [-0.1, -0.05) is 22.0 Å². The first-order valence-corrected chi connectivity index (χ1v) is 4.96. The van der Waals surface area contributed by atoms with E-state index in [1.807, 2.05) is 0 Å². The molecule has 0 aliphatic rings. The van der Waals surface area contributed by atoms with Crippen molar-refractivity contribution in [1.29, 1.82) is 0 Å². The summed E-state index contributed by atoms with van der Waals surface area (Å²) >= 11 is 3.14. The van der Waals surface area contributed by atoms with Gasteiger partial charge < -0.3 is 5.73 Å². The van der Waals surface area contributed by atoms with Crippen LogP contribution in [0.2, 0.25) is 0 Å². The fraction of sp³-hybridized carbons (Fsp3) is 0.222. The summed E-state index contributed by atoms with van der Waals surface area (Å²) in [7, 11) is 0. The second-order valence-electron chi connectivity index (χ2n) is 2.81. The van der Waals surface area contributed by atoms with Gasteiger partial charge >= 0.3 is 0 Å². The van der Waals surface area contributed by atoms with Gasteiger partial charge in [-0.2, -0.15) is 5.48 Å². The summed E-state index contributed by atoms with van der Waals surface area (Å²) in [5.41, 5.74) is 7.72. The van der Waals surface area contributed by atoms with Crippen LogP contribution in [-0.4, -0.2) is 12.5 Å². The van der Waals surface area contributed by atoms with Crippen molar-refractivity contribution in [2.24, 2.45) is 5.73 Å². The van der Waals surface area contributed by atoms with Gasteiger partial charge in [0, 0.05) is 16.6 Å². The van der Waals surface area contributed by atoms with Gasteiger partial charge in [0.25, 0.3) is 0 Å². The summed E-state index contributed by atoms with van der Waals surface area (Å²) in [6.45, 7) is -0.0649. The maximum Gasteiger partial charge on any atom is 0.245 e. The van der Waals surface area contributed by atoms with Crippen molar-refractivity contribution in [3.8, 4) is 0 Å². The van der Waals surface area contributed by atoms with Crippen molar-refractivity contribution in [2.45, 2.75) is 6.54 Å². The molecule has 0 aliphatic carbocycles. The molecule has 1 aromatic rings. The number of benzene rings is 1. The molecule has 0 aliphatic heterocycles. The van der Waals surface area contributed by atoms with Crippen LogP contribution in [0.25, 0.3) is 0 Å². The maximum absolute atomic E-state index is 13.2. The van der Waals surface area contributed by atoms with Crippen molar-refractivity contribution in [2.75, 3.05) is 6.61 Å². The molecule has 0 saturated heterocycles. The molecule has 6 heteroatoms. The molecule has 0 bridgehead atoms. The number of hydrogen-bond donors (Lipinski definition) is 2. The number of nitrogens with two attached hydrogens (primary N) is 1. The maximum atomic E-state index is 13.2. The Morgan fingerprint density at radius 1 is 1.60 bits per heavy atom. The van der Waals surface area contributed by atoms with Gasteiger partial charge in [-0.15, -0.1) is 0 Å². The van der Waals surface area contributed by atoms with Gasteiger partial charge in [0.1, 0.15) is 12.4 Å². The molecular weight excluding hydrogens is 267 g/mol. The van der Waals surface area contributed by atoms with Crippen molar-refractivity contribution < 1.29 is 14.0 Å². The van der Waals surface area contributed by atoms with E-state index in [1.54, 1.807) is 12.1 Å². The van der Waals surface area contributed by atoms with Gasteiger partial charge in [0.2, 0.25) is 5.91 Å². The minimum atomic E-state index is -0.584. The fourth-order valence-corrected chi connectivity index (χ4v) is 1.25. The van der Waals surface area contributed by atoms with E-state index < -0.39 is 5.91 Å². The van der Waals surface area contributed by atoms with Crippen molar-refractivity contribution in [1.82, 2.24) is 5.48 Å². The van der Waals surface area contributed by atoms with E-state index in [0.717, 1.165) is 0 Å². The Kier molecular flexibility index (Phi) is 4.67. The zero-order valence-corrected chi connectivity index (χ0v) is 9.38. The van der Waals surface area contributed by atoms with E-state index in [-0.39, 0.29) is 19.0 Å². The minimum Gasteiger partial charge on any atom is -0.368 e. The highest BCUT2D eigenvalue weighted by Gasteiger charge is 2.02. The highest BCUT2D eigenvalue weighted by Crippen LogP contribution is 2.14. The Labute approximate surface area is 94.7 Å². The molecule has 15 heavy (non-hydrogen) atoms. The number of carbonyl (C=O) groups excluding carboxylic acids is 1. The highest BCUT2D eigenvalue weighted by molar-refractivity contribution is 9.10. The Bertz CT molecular complexity index is 360. The van der Waals surface area contributed by atoms with Crippen molar-refractivity contribution in [3.63, 3.8) is 0 Å². The number of hydrogen-bond acceptors (Lipinski definition) is 3. The smallest absolute Gasteiger partial charge is 0.245 e. The number of halogens is 2. The van der Waals surface area contributed by atoms with E-state index in [2.05, 4.69) is 26.2 Å². The molecular formula is C9H10BrFN2O2. The average Bonchev–Trinajstić information content (AvgIpc) is 2.14. The van der Waals surface area contributed by atoms with Crippen molar-refractivity contribution in [3.05, 3.63) is 34.1 Å². The number of carbonyl (C=O) groups is 1. The molecule has 0 fully saturated rings. The minimum absolute atomic E-state index is 0.173. The lowest BCUT2D eigenvalue weighted by molar-refractivity contribution is -0.125. The van der Waals surface area contributed by atoms with Crippen LogP contribution in [0.4, 0.5) is 4.39 Å². The molecule has 1 rings (SSSR count). The molecule has 0 atom stereocenters. The third-order valence-electron chi connectivity index (χ3n) is 1.59. The average molecular weight is 277 g/mol. The quantitative estimate of drug-likeness (QED) is 0.625. The molecule has 0 spiro atoms. The first-order chi connectivity index (χ1) is 7.09. The molecule has 0 heterocycles. The summed E-state index contributed by atoms with van der Waals surface area (Å²) in [4.78, 5) is 15.0. The van der Waals surface area contributed by atoms with Crippen LogP contribution in [0.5, 0.6) is 0 Å². The Morgan fingerprint density at radius 3 is 2.93 bits per heavy atom. The lowest BCUT2D eigenvalue weighted by atomic mass is 10.2. The van der Waals surface area contributed by atoms with Crippen LogP contribution in [0.3, 0.4) is 0 Å². The van der Waals surface area contributed by atoms with Gasteiger partial charge in [-0.25, -0.2) is 4.39 Å². The SMILES string of the molecule is NC(=O)CONCc1ccc(Br)cc1F. The molecule has 3 N–H and O–H groups in total. The molecule has 0 aromatic heterocycles. The second kappa shape index (κ2) is 5.79. The van der Waals surface area contributed by atoms with Crippen LogP contribution < -0.4 is 11.2 Å². The number of primary amides is 1. The molecule has 82 valence electrons. The predicted octanol–water partition coefficient (Wildman–Crippen LogP) is 1.09. The molecule has 1 amide bonds. The summed E-state index contributed by atoms with van der Waals surface area (Å²) < 4.78 is 13.9. The van der Waals surface area contributed by atoms with Crippen LogP contribution in [0, 0.1) is 5.82 Å². The molecule has 0 radical (unpaired) electrons. The molecule has 4 nitrogen and oxygen atoms in total. The summed E-state index contributed by atoms with van der Waals surface area (Å²) in [6, 6.07) is 4.68. The normalized spacial score (nSPS) is 10.3. The second-order valence-corrected chi connectivity index (χ2v) is 3.73. The van der Waals surface area contributed by atoms with Crippen molar-refractivity contribution >= 4 is 21.8 Å². The topological polar surface area (TPSA) is 64.4 Å². The Balaban J connectivity index is 2.40. The summed E-state index contributed by atoms with van der Waals surface area (Å²) in [5, 5.41) is 0. The van der Waals surface area contributed by atoms with E-state index in [1.165, 1.54) is 6.07 Å². The standard InChI is InChI=1S/C9H10BrFN2O2/c10-7-2-1-6(8(11)3-7)4-13-15-5-9(12)14/h1-3,13H,4-5H2,(H2,12,14). The number of hydroxylamine groups is 1. The monoisotopic (exact) mass is 276 g/mol. The van der Waals surface area contributed by atoms with E-state index >= 15 is 0 Å². The highest BCUT2D eigenvalue weighted by atomic mass is 79.9. The van der Waals surface area contributed by atoms with Gasteiger partial charge in [-0.3, -0.25) is 9.63 Å². The summed E-state index contributed by atoms with van der Waals surface area (Å²) in [5.74, 6) is -0.932. The number of rotatable bonds is 5. The Morgan fingerprint density at radius 2 is 2.33 bits per heavy atom. The lowest BCUT2D eigenvalue weighted by Gasteiger charge is -2.05. The molecule has 0 saturated carbocycles. The first kappa shape index (κ1) is 12.1. The van der Waals surface area contributed by atoms with E-state index in [0.29, 0.717) is 10.0 Å². The number of amides is 1. The van der Waals surface area contributed by atoms with E-state index in [9.17, 15) is 9.18 Å². The Hall–Kier alpha value is -0.980. The van der Waals surface area contributed by atoms with Gasteiger partial charge in [-0.05, 0) is 12.1 Å². The number of nitrogens with one attached hydrogen (secondary N) is 1. The van der Waals surface area contributed by atoms with Gasteiger partial charge in [0.15, 0.2) is 0 Å². The largest absolute Gasteiger partial charge is 0.368 e. The van der Waals surface area contributed by atoms with Crippen LogP contribution in [-0.2, 0) is 16.2 Å². The molecule has 0 unspecified atom stereocenters. The zero-order valence-electron chi connectivity index (χ0n) is 7.80. The third kappa shape index (κ3) is 4.37. The summed E-state index contributed by atoms with van der Waals surface area (Å²) in [6.07, 6.45) is 0. The lowest BCUT2D eigenvalue weighted by Crippen LogP contribution is -2.24. The third-order valence-corrected chi connectivity index (χ3v) is 2.09.